The molecule has 0 bridgehead atoms. The molecule has 0 unspecified atom stereocenters. The van der Waals surface area contributed by atoms with Crippen molar-refractivity contribution in [3.63, 3.8) is 0 Å². The van der Waals surface area contributed by atoms with Crippen molar-refractivity contribution in [2.45, 2.75) is 6.92 Å². The molecule has 28 heavy (non-hydrogen) atoms. The van der Waals surface area contributed by atoms with Crippen molar-refractivity contribution in [1.82, 2.24) is 14.8 Å². The van der Waals surface area contributed by atoms with Gasteiger partial charge in [-0.15, -0.1) is 16.4 Å². The van der Waals surface area contributed by atoms with Crippen molar-refractivity contribution < 1.29 is 23.7 Å². The van der Waals surface area contributed by atoms with E-state index >= 15 is 0 Å². The van der Waals surface area contributed by atoms with Gasteiger partial charge in [0.15, 0.2) is 5.82 Å². The molecule has 2 aromatic heterocycles. The highest BCUT2D eigenvalue weighted by Gasteiger charge is 2.23. The lowest BCUT2D eigenvalue weighted by molar-refractivity contribution is 0.0935. The molecule has 0 saturated carbocycles. The van der Waals surface area contributed by atoms with E-state index in [1.54, 1.807) is 25.3 Å². The van der Waals surface area contributed by atoms with E-state index in [0.29, 0.717) is 42.7 Å². The first-order valence-electron chi connectivity index (χ1n) is 8.66. The molecule has 0 N–H and O–H groups in total. The van der Waals surface area contributed by atoms with Gasteiger partial charge in [0, 0.05) is 12.7 Å². The zero-order chi connectivity index (χ0) is 19.9. The minimum atomic E-state index is -0.380. The van der Waals surface area contributed by atoms with Crippen molar-refractivity contribution in [2.75, 3.05) is 34.0 Å². The van der Waals surface area contributed by atoms with Gasteiger partial charge in [0.2, 0.25) is 0 Å². The highest BCUT2D eigenvalue weighted by atomic mass is 32.1. The maximum Gasteiger partial charge on any atom is 0.336 e. The molecular weight excluding hydrogens is 382 g/mol. The Bertz CT molecular complexity index is 924. The lowest BCUT2D eigenvalue weighted by Gasteiger charge is -2.10. The first-order chi connectivity index (χ1) is 13.7. The number of carbonyl (C=O) groups excluding carboxylic acids is 1. The Balaban J connectivity index is 1.95. The summed E-state index contributed by atoms with van der Waals surface area (Å²) in [6, 6.07) is 8.84. The van der Waals surface area contributed by atoms with Crippen LogP contribution >= 0.6 is 11.3 Å². The molecule has 3 rings (SSSR count). The van der Waals surface area contributed by atoms with E-state index in [0.717, 1.165) is 4.88 Å². The summed E-state index contributed by atoms with van der Waals surface area (Å²) in [6.45, 7) is 3.21. The number of hydrogen-bond acceptors (Lipinski definition) is 8. The SMILES string of the molecule is CCOCCOc1nc(-c2cccs2)n(C(=O)c2ccc(OC)cc2OC)n1. The molecule has 0 saturated heterocycles. The average Bonchev–Trinajstić information content (AvgIpc) is 3.40. The van der Waals surface area contributed by atoms with Crippen molar-refractivity contribution in [3.8, 4) is 28.2 Å². The molecule has 9 heteroatoms. The van der Waals surface area contributed by atoms with Crippen LogP contribution in [0.15, 0.2) is 35.7 Å². The van der Waals surface area contributed by atoms with E-state index in [1.165, 1.54) is 23.1 Å². The Labute approximate surface area is 166 Å². The monoisotopic (exact) mass is 403 g/mol. The first-order valence-corrected chi connectivity index (χ1v) is 9.54. The van der Waals surface area contributed by atoms with Gasteiger partial charge in [-0.3, -0.25) is 4.79 Å². The molecule has 0 atom stereocenters. The van der Waals surface area contributed by atoms with E-state index in [1.807, 2.05) is 24.4 Å². The standard InChI is InChI=1S/C19H21N3O5S/c1-4-26-9-10-27-19-20-17(16-6-5-11-28-16)22(21-19)18(23)14-8-7-13(24-2)12-15(14)25-3/h5-8,11-12H,4,9-10H2,1-3H3. The molecule has 0 fully saturated rings. The molecule has 0 amide bonds. The smallest absolute Gasteiger partial charge is 0.336 e. The summed E-state index contributed by atoms with van der Waals surface area (Å²) >= 11 is 1.46. The first kappa shape index (κ1) is 19.8. The molecule has 0 aliphatic carbocycles. The van der Waals surface area contributed by atoms with Gasteiger partial charge in [-0.25, -0.2) is 0 Å². The van der Waals surface area contributed by atoms with Crippen LogP contribution in [0.2, 0.25) is 0 Å². The number of aromatic nitrogens is 3. The highest BCUT2D eigenvalue weighted by molar-refractivity contribution is 7.13. The minimum absolute atomic E-state index is 0.115. The Morgan fingerprint density at radius 3 is 2.71 bits per heavy atom. The van der Waals surface area contributed by atoms with E-state index in [-0.39, 0.29) is 11.9 Å². The number of benzene rings is 1. The van der Waals surface area contributed by atoms with Gasteiger partial charge < -0.3 is 18.9 Å². The number of carbonyl (C=O) groups is 1. The Kier molecular flexibility index (Phi) is 6.62. The predicted molar refractivity (Wildman–Crippen MR) is 105 cm³/mol. The van der Waals surface area contributed by atoms with Gasteiger partial charge in [-0.05, 0) is 30.5 Å². The summed E-state index contributed by atoms with van der Waals surface area (Å²) in [7, 11) is 3.05. The quantitative estimate of drug-likeness (QED) is 0.508. The zero-order valence-corrected chi connectivity index (χ0v) is 16.7. The maximum atomic E-state index is 13.2. The van der Waals surface area contributed by atoms with Gasteiger partial charge >= 0.3 is 6.01 Å². The molecule has 0 spiro atoms. The van der Waals surface area contributed by atoms with E-state index in [2.05, 4.69) is 10.1 Å². The van der Waals surface area contributed by atoms with Crippen LogP contribution in [-0.2, 0) is 4.74 Å². The molecule has 3 aromatic rings. The maximum absolute atomic E-state index is 13.2. The summed E-state index contributed by atoms with van der Waals surface area (Å²) in [5, 5.41) is 6.16. The molecule has 0 radical (unpaired) electrons. The summed E-state index contributed by atoms with van der Waals surface area (Å²) in [6.07, 6.45) is 0. The third kappa shape index (κ3) is 4.32. The number of rotatable bonds is 9. The molecule has 0 aliphatic heterocycles. The van der Waals surface area contributed by atoms with E-state index in [9.17, 15) is 4.79 Å². The fraction of sp³-hybridized carbons (Fsp3) is 0.316. The fourth-order valence-corrected chi connectivity index (χ4v) is 3.19. The second kappa shape index (κ2) is 9.34. The topological polar surface area (TPSA) is 84.7 Å². The second-order valence-electron chi connectivity index (χ2n) is 5.52. The van der Waals surface area contributed by atoms with Crippen LogP contribution in [0, 0.1) is 0 Å². The largest absolute Gasteiger partial charge is 0.497 e. The average molecular weight is 403 g/mol. The third-order valence-electron chi connectivity index (χ3n) is 3.82. The zero-order valence-electron chi connectivity index (χ0n) is 15.9. The molecular formula is C19H21N3O5S. The minimum Gasteiger partial charge on any atom is -0.497 e. The Hall–Kier alpha value is -2.91. The van der Waals surface area contributed by atoms with Gasteiger partial charge in [0.1, 0.15) is 18.1 Å². The van der Waals surface area contributed by atoms with Gasteiger partial charge in [-0.2, -0.15) is 9.67 Å². The number of nitrogens with zero attached hydrogens (tertiary/aromatic N) is 3. The summed E-state index contributed by atoms with van der Waals surface area (Å²) in [5.74, 6) is 1.00. The second-order valence-corrected chi connectivity index (χ2v) is 6.47. The third-order valence-corrected chi connectivity index (χ3v) is 4.69. The number of hydrogen-bond donors (Lipinski definition) is 0. The number of methoxy groups -OCH3 is 2. The van der Waals surface area contributed by atoms with Crippen LogP contribution in [-0.4, -0.2) is 54.7 Å². The van der Waals surface area contributed by atoms with Crippen molar-refractivity contribution >= 4 is 17.2 Å². The van der Waals surface area contributed by atoms with Crippen molar-refractivity contribution in [1.29, 1.82) is 0 Å². The molecule has 8 nitrogen and oxygen atoms in total. The molecule has 2 heterocycles. The van der Waals surface area contributed by atoms with Crippen LogP contribution in [0.3, 0.4) is 0 Å². The Morgan fingerprint density at radius 1 is 1.18 bits per heavy atom. The Morgan fingerprint density at radius 2 is 2.04 bits per heavy atom. The fourth-order valence-electron chi connectivity index (χ4n) is 2.49. The van der Waals surface area contributed by atoms with Crippen molar-refractivity contribution in [3.05, 3.63) is 41.3 Å². The summed E-state index contributed by atoms with van der Waals surface area (Å²) in [4.78, 5) is 18.4. The molecule has 1 aromatic carbocycles. The lowest BCUT2D eigenvalue weighted by Crippen LogP contribution is -2.16. The van der Waals surface area contributed by atoms with Crippen LogP contribution in [0.5, 0.6) is 17.5 Å². The predicted octanol–water partition coefficient (Wildman–Crippen LogP) is 3.13. The van der Waals surface area contributed by atoms with Crippen LogP contribution in [0.25, 0.3) is 10.7 Å². The van der Waals surface area contributed by atoms with Gasteiger partial charge in [-0.1, -0.05) is 6.07 Å². The van der Waals surface area contributed by atoms with Crippen LogP contribution < -0.4 is 14.2 Å². The van der Waals surface area contributed by atoms with Gasteiger partial charge in [0.25, 0.3) is 5.91 Å². The van der Waals surface area contributed by atoms with E-state index in [4.69, 9.17) is 18.9 Å². The van der Waals surface area contributed by atoms with Crippen LogP contribution in [0.4, 0.5) is 0 Å². The van der Waals surface area contributed by atoms with Crippen LogP contribution in [0.1, 0.15) is 17.3 Å². The highest BCUT2D eigenvalue weighted by Crippen LogP contribution is 2.29. The normalized spacial score (nSPS) is 10.7. The molecule has 0 aliphatic rings. The van der Waals surface area contributed by atoms with Gasteiger partial charge in [0.05, 0.1) is 31.3 Å². The van der Waals surface area contributed by atoms with E-state index < -0.39 is 0 Å². The lowest BCUT2D eigenvalue weighted by atomic mass is 10.1. The van der Waals surface area contributed by atoms with Crippen molar-refractivity contribution in [2.24, 2.45) is 0 Å². The number of ether oxygens (including phenoxy) is 4. The summed E-state index contributed by atoms with van der Waals surface area (Å²) < 4.78 is 22.6. The molecule has 148 valence electrons. The summed E-state index contributed by atoms with van der Waals surface area (Å²) in [5.41, 5.74) is 0.340. The number of thiophene rings is 1.